The average molecular weight is 430 g/mol. The number of nitrogens with one attached hydrogen (secondary N) is 2. The minimum absolute atomic E-state index is 0.0201. The monoisotopic (exact) mass is 429 g/mol. The molecule has 2 aromatic carbocycles. The number of hydrogen-bond acceptors (Lipinski definition) is 3. The van der Waals surface area contributed by atoms with Crippen LogP contribution in [0.4, 0.5) is 0 Å². The highest BCUT2D eigenvalue weighted by atomic mass is 16.2. The number of nitrogens with zero attached hydrogens (tertiary/aromatic N) is 1. The van der Waals surface area contributed by atoms with Gasteiger partial charge in [-0.15, -0.1) is 0 Å². The van der Waals surface area contributed by atoms with Crippen molar-refractivity contribution in [3.63, 3.8) is 0 Å². The molecule has 2 amide bonds. The quantitative estimate of drug-likeness (QED) is 0.632. The number of amides is 2. The van der Waals surface area contributed by atoms with Gasteiger partial charge in [-0.3, -0.25) is 14.4 Å². The van der Waals surface area contributed by atoms with Crippen molar-refractivity contribution in [1.82, 2.24) is 15.2 Å². The molecule has 3 aromatic rings. The van der Waals surface area contributed by atoms with Gasteiger partial charge in [0.2, 0.25) is 5.43 Å². The predicted molar refractivity (Wildman–Crippen MR) is 124 cm³/mol. The highest BCUT2D eigenvalue weighted by Gasteiger charge is 2.25. The van der Waals surface area contributed by atoms with Crippen molar-refractivity contribution in [3.05, 3.63) is 105 Å². The van der Waals surface area contributed by atoms with Crippen molar-refractivity contribution in [1.29, 1.82) is 0 Å². The Morgan fingerprint density at radius 3 is 2.06 bits per heavy atom. The van der Waals surface area contributed by atoms with E-state index in [1.165, 1.54) is 17.3 Å². The molecule has 0 atom stereocenters. The van der Waals surface area contributed by atoms with Gasteiger partial charge in [0.05, 0.1) is 0 Å². The van der Waals surface area contributed by atoms with E-state index in [9.17, 15) is 14.4 Å². The maximum absolute atomic E-state index is 13.1. The van der Waals surface area contributed by atoms with Crippen molar-refractivity contribution in [2.45, 2.75) is 45.3 Å². The summed E-state index contributed by atoms with van der Waals surface area (Å²) >= 11 is 0. The Labute approximate surface area is 187 Å². The summed E-state index contributed by atoms with van der Waals surface area (Å²) in [5, 5.41) is 5.76. The topological polar surface area (TPSA) is 80.2 Å². The summed E-state index contributed by atoms with van der Waals surface area (Å²) in [6, 6.07) is 17.6. The number of aromatic nitrogens is 1. The van der Waals surface area contributed by atoms with Crippen LogP contribution < -0.4 is 16.1 Å². The zero-order valence-corrected chi connectivity index (χ0v) is 18.3. The molecule has 1 aliphatic rings. The molecule has 6 heteroatoms. The number of fused-ring (bicyclic) bond motifs is 1. The molecule has 164 valence electrons. The Bertz CT molecular complexity index is 1170. The molecule has 0 radical (unpaired) electrons. The second kappa shape index (κ2) is 9.22. The highest BCUT2D eigenvalue weighted by Crippen LogP contribution is 2.21. The molecular weight excluding hydrogens is 402 g/mol. The van der Waals surface area contributed by atoms with Gasteiger partial charge in [-0.25, -0.2) is 0 Å². The van der Waals surface area contributed by atoms with Gasteiger partial charge in [0.25, 0.3) is 11.8 Å². The third kappa shape index (κ3) is 4.80. The van der Waals surface area contributed by atoms with E-state index < -0.39 is 17.2 Å². The summed E-state index contributed by atoms with van der Waals surface area (Å²) in [4.78, 5) is 38.9. The summed E-state index contributed by atoms with van der Waals surface area (Å²) in [6.45, 7) is 4.10. The first kappa shape index (κ1) is 21.6. The smallest absolute Gasteiger partial charge is 0.257 e. The van der Waals surface area contributed by atoms with Crippen LogP contribution >= 0.6 is 0 Å². The fourth-order valence-corrected chi connectivity index (χ4v) is 4.10. The highest BCUT2D eigenvalue weighted by molar-refractivity contribution is 5.99. The molecule has 6 nitrogen and oxygen atoms in total. The molecule has 0 saturated heterocycles. The summed E-state index contributed by atoms with van der Waals surface area (Å²) < 4.78 is 1.73. The van der Waals surface area contributed by atoms with E-state index in [-0.39, 0.29) is 23.2 Å². The normalized spacial score (nSPS) is 13.1. The van der Waals surface area contributed by atoms with Gasteiger partial charge >= 0.3 is 0 Å². The molecule has 32 heavy (non-hydrogen) atoms. The van der Waals surface area contributed by atoms with Gasteiger partial charge in [-0.05, 0) is 43.4 Å². The standard InChI is InChI=1S/C26H27N3O3/c1-17(2)27-25(31)22-15-29(14-18-8-4-3-5-9-18)16-23(24(22)30)26(32)28-21-12-19-10-6-7-11-20(19)13-21/h3-11,15-17,21H,12-14H2,1-2H3,(H,27,31)(H,28,32). The van der Waals surface area contributed by atoms with Gasteiger partial charge in [-0.2, -0.15) is 0 Å². The van der Waals surface area contributed by atoms with E-state index in [0.717, 1.165) is 18.4 Å². The first-order valence-electron chi connectivity index (χ1n) is 10.9. The molecule has 0 aliphatic heterocycles. The lowest BCUT2D eigenvalue weighted by Gasteiger charge is -2.16. The van der Waals surface area contributed by atoms with E-state index in [1.807, 2.05) is 56.3 Å². The maximum atomic E-state index is 13.1. The van der Waals surface area contributed by atoms with Gasteiger partial charge in [0, 0.05) is 31.0 Å². The van der Waals surface area contributed by atoms with Gasteiger partial charge in [-0.1, -0.05) is 54.6 Å². The molecule has 1 heterocycles. The molecule has 0 unspecified atom stereocenters. The van der Waals surface area contributed by atoms with E-state index in [0.29, 0.717) is 6.54 Å². The maximum Gasteiger partial charge on any atom is 0.257 e. The lowest BCUT2D eigenvalue weighted by molar-refractivity contribution is 0.0936. The second-order valence-corrected chi connectivity index (χ2v) is 8.55. The Balaban J connectivity index is 1.63. The first-order chi connectivity index (χ1) is 15.4. The van der Waals surface area contributed by atoms with Gasteiger partial charge in [0.1, 0.15) is 11.1 Å². The van der Waals surface area contributed by atoms with Crippen LogP contribution in [0.1, 0.15) is 51.3 Å². The fourth-order valence-electron chi connectivity index (χ4n) is 4.10. The molecule has 0 spiro atoms. The third-order valence-electron chi connectivity index (χ3n) is 5.58. The minimum atomic E-state index is -0.555. The fraction of sp³-hybridized carbons (Fsp3) is 0.269. The molecule has 0 fully saturated rings. The van der Waals surface area contributed by atoms with Crippen LogP contribution in [0, 0.1) is 0 Å². The molecule has 0 bridgehead atoms. The Hall–Kier alpha value is -3.67. The van der Waals surface area contributed by atoms with E-state index in [1.54, 1.807) is 10.8 Å². The van der Waals surface area contributed by atoms with Gasteiger partial charge in [0.15, 0.2) is 0 Å². The van der Waals surface area contributed by atoms with Crippen LogP contribution in [0.25, 0.3) is 0 Å². The zero-order chi connectivity index (χ0) is 22.7. The Morgan fingerprint density at radius 2 is 1.47 bits per heavy atom. The van der Waals surface area contributed by atoms with Crippen LogP contribution in [0.3, 0.4) is 0 Å². The SMILES string of the molecule is CC(C)NC(=O)c1cn(Cc2ccccc2)cc(C(=O)NC2Cc3ccccc3C2)c1=O. The minimum Gasteiger partial charge on any atom is -0.350 e. The van der Waals surface area contributed by atoms with Gasteiger partial charge < -0.3 is 15.2 Å². The number of rotatable bonds is 6. The molecule has 1 aromatic heterocycles. The van der Waals surface area contributed by atoms with Crippen molar-refractivity contribution < 1.29 is 9.59 Å². The number of carbonyl (C=O) groups excluding carboxylic acids is 2. The van der Waals surface area contributed by atoms with Crippen molar-refractivity contribution in [2.75, 3.05) is 0 Å². The van der Waals surface area contributed by atoms with E-state index in [4.69, 9.17) is 0 Å². The Morgan fingerprint density at radius 1 is 0.906 bits per heavy atom. The van der Waals surface area contributed by atoms with E-state index in [2.05, 4.69) is 22.8 Å². The van der Waals surface area contributed by atoms with Crippen molar-refractivity contribution in [2.24, 2.45) is 0 Å². The van der Waals surface area contributed by atoms with Crippen LogP contribution in [0.5, 0.6) is 0 Å². The molecule has 4 rings (SSSR count). The van der Waals surface area contributed by atoms with Crippen molar-refractivity contribution >= 4 is 11.8 Å². The van der Waals surface area contributed by atoms with Crippen LogP contribution in [0.2, 0.25) is 0 Å². The van der Waals surface area contributed by atoms with Crippen LogP contribution in [0.15, 0.2) is 71.8 Å². The van der Waals surface area contributed by atoms with Crippen molar-refractivity contribution in [3.8, 4) is 0 Å². The summed E-state index contributed by atoms with van der Waals surface area (Å²) in [5.41, 5.74) is 2.82. The molecular formula is C26H27N3O3. The second-order valence-electron chi connectivity index (χ2n) is 8.55. The molecule has 1 aliphatic carbocycles. The number of benzene rings is 2. The average Bonchev–Trinajstić information content (AvgIpc) is 3.17. The van der Waals surface area contributed by atoms with Crippen LogP contribution in [-0.4, -0.2) is 28.5 Å². The van der Waals surface area contributed by atoms with Crippen LogP contribution in [-0.2, 0) is 19.4 Å². The summed E-state index contributed by atoms with van der Waals surface area (Å²) in [6.07, 6.45) is 4.52. The number of carbonyl (C=O) groups is 2. The Kier molecular flexibility index (Phi) is 6.21. The molecule has 0 saturated carbocycles. The third-order valence-corrected chi connectivity index (χ3v) is 5.58. The lowest BCUT2D eigenvalue weighted by atomic mass is 10.1. The first-order valence-corrected chi connectivity index (χ1v) is 10.9. The number of pyridine rings is 1. The number of hydrogen-bond donors (Lipinski definition) is 2. The zero-order valence-electron chi connectivity index (χ0n) is 18.3. The molecule has 2 N–H and O–H groups in total. The summed E-state index contributed by atoms with van der Waals surface area (Å²) in [5.74, 6) is -0.927. The van der Waals surface area contributed by atoms with E-state index >= 15 is 0 Å². The largest absolute Gasteiger partial charge is 0.350 e. The summed E-state index contributed by atoms with van der Waals surface area (Å²) in [7, 11) is 0. The lowest BCUT2D eigenvalue weighted by Crippen LogP contribution is -2.40. The predicted octanol–water partition coefficient (Wildman–Crippen LogP) is 2.93.